The van der Waals surface area contributed by atoms with E-state index < -0.39 is 18.0 Å². The summed E-state index contributed by atoms with van der Waals surface area (Å²) in [6.45, 7) is 4.98. The minimum Gasteiger partial charge on any atom is -0.463 e. The maximum atomic E-state index is 13.5. The Kier molecular flexibility index (Phi) is 6.95. The van der Waals surface area contributed by atoms with E-state index in [1.54, 1.807) is 44.2 Å². The third kappa shape index (κ3) is 4.80. The molecule has 1 aliphatic rings. The molecule has 2 aromatic carbocycles. The zero-order valence-electron chi connectivity index (χ0n) is 18.7. The highest BCUT2D eigenvalue weighted by atomic mass is 79.9. The maximum Gasteiger partial charge on any atom is 0.338 e. The van der Waals surface area contributed by atoms with E-state index >= 15 is 0 Å². The first-order valence-corrected chi connectivity index (χ1v) is 12.1. The van der Waals surface area contributed by atoms with Crippen LogP contribution in [-0.4, -0.2) is 23.1 Å². The fraction of sp³-hybridized carbons (Fsp3) is 0.200. The van der Waals surface area contributed by atoms with Gasteiger partial charge in [0.05, 0.1) is 28.5 Å². The van der Waals surface area contributed by atoms with Gasteiger partial charge in [-0.3, -0.25) is 14.2 Å². The van der Waals surface area contributed by atoms with Crippen LogP contribution in [0, 0.1) is 0 Å². The van der Waals surface area contributed by atoms with E-state index in [1.165, 1.54) is 22.8 Å². The Morgan fingerprint density at radius 1 is 1.15 bits per heavy atom. The number of halogens is 1. The smallest absolute Gasteiger partial charge is 0.338 e. The van der Waals surface area contributed by atoms with Crippen molar-refractivity contribution >= 4 is 45.3 Å². The van der Waals surface area contributed by atoms with Gasteiger partial charge in [-0.25, -0.2) is 9.79 Å². The van der Waals surface area contributed by atoms with Crippen LogP contribution in [0.25, 0.3) is 6.08 Å². The van der Waals surface area contributed by atoms with Gasteiger partial charge in [-0.15, -0.1) is 0 Å². The average molecular weight is 541 g/mol. The van der Waals surface area contributed by atoms with Crippen molar-refractivity contribution in [3.8, 4) is 5.75 Å². The molecule has 0 saturated heterocycles. The molecule has 4 rings (SSSR count). The lowest BCUT2D eigenvalue weighted by Crippen LogP contribution is -2.39. The van der Waals surface area contributed by atoms with Gasteiger partial charge < -0.3 is 9.47 Å². The van der Waals surface area contributed by atoms with Gasteiger partial charge >= 0.3 is 11.9 Å². The summed E-state index contributed by atoms with van der Waals surface area (Å²) < 4.78 is 13.4. The van der Waals surface area contributed by atoms with Crippen LogP contribution in [0.5, 0.6) is 5.75 Å². The first-order chi connectivity index (χ1) is 16.3. The fourth-order valence-corrected chi connectivity index (χ4v) is 5.01. The van der Waals surface area contributed by atoms with Crippen LogP contribution in [0.3, 0.4) is 0 Å². The van der Waals surface area contributed by atoms with Crippen LogP contribution in [0.4, 0.5) is 0 Å². The number of esters is 2. The van der Waals surface area contributed by atoms with E-state index in [1.807, 2.05) is 24.3 Å². The molecule has 3 aromatic rings. The zero-order chi connectivity index (χ0) is 24.4. The van der Waals surface area contributed by atoms with Gasteiger partial charge in [0.2, 0.25) is 0 Å². The van der Waals surface area contributed by atoms with Crippen molar-refractivity contribution in [1.29, 1.82) is 0 Å². The Bertz CT molecular complexity index is 1470. The van der Waals surface area contributed by atoms with Gasteiger partial charge in [-0.1, -0.05) is 51.5 Å². The van der Waals surface area contributed by atoms with Crippen LogP contribution >= 0.6 is 27.3 Å². The molecule has 2 heterocycles. The van der Waals surface area contributed by atoms with Crippen molar-refractivity contribution < 1.29 is 19.1 Å². The van der Waals surface area contributed by atoms with Gasteiger partial charge in [-0.2, -0.15) is 0 Å². The zero-order valence-corrected chi connectivity index (χ0v) is 21.1. The molecule has 0 amide bonds. The third-order valence-corrected chi connectivity index (χ3v) is 6.65. The Morgan fingerprint density at radius 3 is 2.44 bits per heavy atom. The number of benzene rings is 2. The number of thiazole rings is 1. The molecule has 0 bridgehead atoms. The summed E-state index contributed by atoms with van der Waals surface area (Å²) >= 11 is 4.68. The lowest BCUT2D eigenvalue weighted by atomic mass is 9.96. The molecular weight excluding hydrogens is 520 g/mol. The predicted molar refractivity (Wildman–Crippen MR) is 132 cm³/mol. The molecule has 1 aromatic heterocycles. The number of rotatable bonds is 5. The molecule has 1 aliphatic heterocycles. The Balaban J connectivity index is 1.89. The van der Waals surface area contributed by atoms with E-state index in [2.05, 4.69) is 20.9 Å². The molecule has 0 spiro atoms. The Morgan fingerprint density at radius 2 is 1.82 bits per heavy atom. The topological polar surface area (TPSA) is 87.0 Å². The highest BCUT2D eigenvalue weighted by Gasteiger charge is 2.33. The summed E-state index contributed by atoms with van der Waals surface area (Å²) in [5, 5.41) is 0. The summed E-state index contributed by atoms with van der Waals surface area (Å²) in [6.07, 6.45) is 1.81. The largest absolute Gasteiger partial charge is 0.463 e. The van der Waals surface area contributed by atoms with Crippen molar-refractivity contribution in [2.45, 2.75) is 26.8 Å². The monoisotopic (exact) mass is 540 g/mol. The van der Waals surface area contributed by atoms with E-state index in [0.717, 1.165) is 10.0 Å². The van der Waals surface area contributed by atoms with E-state index in [4.69, 9.17) is 9.47 Å². The summed E-state index contributed by atoms with van der Waals surface area (Å²) in [5.41, 5.74) is 2.07. The average Bonchev–Trinajstić information content (AvgIpc) is 3.09. The van der Waals surface area contributed by atoms with E-state index in [-0.39, 0.29) is 12.2 Å². The predicted octanol–water partition coefficient (Wildman–Crippen LogP) is 3.49. The number of carbonyl (C=O) groups is 2. The fourth-order valence-electron chi connectivity index (χ4n) is 3.70. The second kappa shape index (κ2) is 9.90. The van der Waals surface area contributed by atoms with Gasteiger partial charge in [0.1, 0.15) is 5.75 Å². The molecule has 0 saturated carbocycles. The summed E-state index contributed by atoms with van der Waals surface area (Å²) in [7, 11) is 0. The normalized spacial score (nSPS) is 15.5. The van der Waals surface area contributed by atoms with Crippen LogP contribution in [0.1, 0.15) is 37.9 Å². The lowest BCUT2D eigenvalue weighted by molar-refractivity contribution is -0.139. The standard InChI is InChI=1S/C25H21BrN2O5S/c1-4-32-24(31)21-14(2)27-25-28(22(21)17-7-11-19(12-8-17)33-15(3)29)23(30)20(34-25)13-16-5-9-18(26)10-6-16/h5-13,22H,4H2,1-3H3/b20-13+. The molecule has 1 atom stereocenters. The molecular formula is C25H21BrN2O5S. The lowest BCUT2D eigenvalue weighted by Gasteiger charge is -2.24. The van der Waals surface area contributed by atoms with Crippen LogP contribution in [-0.2, 0) is 14.3 Å². The number of nitrogens with zero attached hydrogens (tertiary/aromatic N) is 2. The van der Waals surface area contributed by atoms with Crippen molar-refractivity contribution in [2.24, 2.45) is 4.99 Å². The van der Waals surface area contributed by atoms with Crippen molar-refractivity contribution in [2.75, 3.05) is 6.61 Å². The second-order valence-electron chi connectivity index (χ2n) is 7.52. The summed E-state index contributed by atoms with van der Waals surface area (Å²) in [4.78, 5) is 42.8. The summed E-state index contributed by atoms with van der Waals surface area (Å²) in [5.74, 6) is -0.589. The number of hydrogen-bond acceptors (Lipinski definition) is 7. The molecule has 1 unspecified atom stereocenters. The quantitative estimate of drug-likeness (QED) is 0.365. The van der Waals surface area contributed by atoms with Gasteiger partial charge in [-0.05, 0) is 55.3 Å². The molecule has 174 valence electrons. The Hall–Kier alpha value is -3.30. The highest BCUT2D eigenvalue weighted by Crippen LogP contribution is 2.31. The van der Waals surface area contributed by atoms with Crippen molar-refractivity contribution in [1.82, 2.24) is 4.57 Å². The molecule has 34 heavy (non-hydrogen) atoms. The minimum atomic E-state index is -0.728. The third-order valence-electron chi connectivity index (χ3n) is 5.14. The highest BCUT2D eigenvalue weighted by molar-refractivity contribution is 9.10. The first kappa shape index (κ1) is 23.8. The number of allylic oxidation sites excluding steroid dienone is 1. The van der Waals surface area contributed by atoms with Gasteiger partial charge in [0.25, 0.3) is 5.56 Å². The van der Waals surface area contributed by atoms with E-state index in [9.17, 15) is 14.4 Å². The van der Waals surface area contributed by atoms with Crippen molar-refractivity contribution in [3.63, 3.8) is 0 Å². The first-order valence-electron chi connectivity index (χ1n) is 10.5. The number of fused-ring (bicyclic) bond motifs is 1. The summed E-state index contributed by atoms with van der Waals surface area (Å²) in [6, 6.07) is 13.6. The van der Waals surface area contributed by atoms with Crippen molar-refractivity contribution in [3.05, 3.63) is 95.1 Å². The van der Waals surface area contributed by atoms with Gasteiger partial charge in [0, 0.05) is 11.4 Å². The Labute approximate surface area is 207 Å². The minimum absolute atomic E-state index is 0.196. The molecule has 0 N–H and O–H groups in total. The van der Waals surface area contributed by atoms with Crippen LogP contribution < -0.4 is 19.6 Å². The number of ether oxygens (including phenoxy) is 2. The molecule has 0 fully saturated rings. The SMILES string of the molecule is CCOC(=O)C1=C(C)N=c2s/c(=C/c3ccc(Br)cc3)c(=O)n2C1c1ccc(OC(C)=O)cc1. The number of carbonyl (C=O) groups excluding carboxylic acids is 2. The second-order valence-corrected chi connectivity index (χ2v) is 9.44. The molecule has 0 radical (unpaired) electrons. The van der Waals surface area contributed by atoms with Crippen LogP contribution in [0.15, 0.2) is 74.1 Å². The molecule has 9 heteroatoms. The van der Waals surface area contributed by atoms with Gasteiger partial charge in [0.15, 0.2) is 4.80 Å². The molecule has 7 nitrogen and oxygen atoms in total. The van der Waals surface area contributed by atoms with E-state index in [0.29, 0.717) is 31.9 Å². The van der Waals surface area contributed by atoms with Crippen LogP contribution in [0.2, 0.25) is 0 Å². The molecule has 0 aliphatic carbocycles. The number of hydrogen-bond donors (Lipinski definition) is 0. The number of aromatic nitrogens is 1. The maximum absolute atomic E-state index is 13.5.